The zero-order valence-electron chi connectivity index (χ0n) is 9.62. The lowest BCUT2D eigenvalue weighted by atomic mass is 10.2. The number of carbonyl (C=O) groups is 2. The topological polar surface area (TPSA) is 84.2 Å². The third kappa shape index (κ3) is 2.37. The van der Waals surface area contributed by atoms with E-state index in [9.17, 15) is 9.59 Å². The predicted molar refractivity (Wildman–Crippen MR) is 66.4 cm³/mol. The molecule has 6 nitrogen and oxygen atoms in total. The minimum Gasteiger partial charge on any atom is -0.478 e. The number of hydrogen-bond acceptors (Lipinski definition) is 3. The first-order valence-electron chi connectivity index (χ1n) is 5.22. The van der Waals surface area contributed by atoms with Gasteiger partial charge in [0.2, 0.25) is 5.91 Å². The van der Waals surface area contributed by atoms with Crippen molar-refractivity contribution in [2.75, 3.05) is 5.43 Å². The summed E-state index contributed by atoms with van der Waals surface area (Å²) < 4.78 is 1.47. The van der Waals surface area contributed by atoms with Crippen LogP contribution in [-0.4, -0.2) is 26.6 Å². The van der Waals surface area contributed by atoms with E-state index in [-0.39, 0.29) is 5.91 Å². The molecule has 0 aliphatic rings. The standard InChI is InChI=1S/C12H11N3O3/c1-8(16)14-15-7-9(4-5-11(17)18)10-3-2-6-13-12(10)15/h2-7H,1H3,(H,14,16)(H,17,18). The molecular formula is C12H11N3O3. The Morgan fingerprint density at radius 3 is 2.94 bits per heavy atom. The van der Waals surface area contributed by atoms with Gasteiger partial charge in [-0.25, -0.2) is 14.5 Å². The quantitative estimate of drug-likeness (QED) is 0.796. The number of nitrogens with one attached hydrogen (secondary N) is 1. The molecule has 0 unspecified atom stereocenters. The van der Waals surface area contributed by atoms with Gasteiger partial charge in [-0.1, -0.05) is 0 Å². The van der Waals surface area contributed by atoms with Crippen LogP contribution in [0, 0.1) is 0 Å². The molecule has 2 rings (SSSR count). The largest absolute Gasteiger partial charge is 0.478 e. The van der Waals surface area contributed by atoms with Gasteiger partial charge in [0.1, 0.15) is 0 Å². The molecule has 0 aliphatic heterocycles. The van der Waals surface area contributed by atoms with Crippen LogP contribution in [0.25, 0.3) is 17.1 Å². The minimum atomic E-state index is -1.03. The molecule has 0 aliphatic carbocycles. The Bertz CT molecular complexity index is 643. The lowest BCUT2D eigenvalue weighted by Gasteiger charge is -2.02. The van der Waals surface area contributed by atoms with Crippen molar-refractivity contribution in [1.29, 1.82) is 0 Å². The number of amides is 1. The zero-order chi connectivity index (χ0) is 13.1. The van der Waals surface area contributed by atoms with Gasteiger partial charge in [0, 0.05) is 36.3 Å². The first-order valence-corrected chi connectivity index (χ1v) is 5.22. The molecule has 0 aromatic carbocycles. The average molecular weight is 245 g/mol. The molecule has 18 heavy (non-hydrogen) atoms. The summed E-state index contributed by atoms with van der Waals surface area (Å²) in [6.45, 7) is 1.39. The Balaban J connectivity index is 2.53. The third-order valence-corrected chi connectivity index (χ3v) is 2.28. The Morgan fingerprint density at radius 2 is 2.28 bits per heavy atom. The molecule has 2 N–H and O–H groups in total. The monoisotopic (exact) mass is 245 g/mol. The fourth-order valence-corrected chi connectivity index (χ4v) is 1.63. The van der Waals surface area contributed by atoms with Crippen LogP contribution in [0.1, 0.15) is 12.5 Å². The van der Waals surface area contributed by atoms with E-state index in [0.29, 0.717) is 11.2 Å². The maximum absolute atomic E-state index is 11.1. The summed E-state index contributed by atoms with van der Waals surface area (Å²) in [5, 5.41) is 9.39. The smallest absolute Gasteiger partial charge is 0.328 e. The van der Waals surface area contributed by atoms with Crippen molar-refractivity contribution in [2.24, 2.45) is 0 Å². The highest BCUT2D eigenvalue weighted by atomic mass is 16.4. The second kappa shape index (κ2) is 4.70. The van der Waals surface area contributed by atoms with Gasteiger partial charge in [0.15, 0.2) is 5.65 Å². The number of rotatable bonds is 3. The highest BCUT2D eigenvalue weighted by Gasteiger charge is 2.08. The number of hydrogen-bond donors (Lipinski definition) is 2. The second-order valence-corrected chi connectivity index (χ2v) is 3.67. The van der Waals surface area contributed by atoms with Crippen LogP contribution in [0.15, 0.2) is 30.6 Å². The first kappa shape index (κ1) is 11.8. The van der Waals surface area contributed by atoms with Gasteiger partial charge in [-0.05, 0) is 18.2 Å². The Hall–Kier alpha value is -2.63. The SMILES string of the molecule is CC(=O)Nn1cc(C=CC(=O)O)c2cccnc21. The van der Waals surface area contributed by atoms with Gasteiger partial charge >= 0.3 is 5.97 Å². The van der Waals surface area contributed by atoms with Crippen molar-refractivity contribution in [1.82, 2.24) is 9.66 Å². The summed E-state index contributed by atoms with van der Waals surface area (Å²) in [6, 6.07) is 3.56. The van der Waals surface area contributed by atoms with E-state index in [1.807, 2.05) is 6.07 Å². The predicted octanol–water partition coefficient (Wildman–Crippen LogP) is 1.22. The number of carbonyl (C=O) groups excluding carboxylic acids is 1. The van der Waals surface area contributed by atoms with Gasteiger partial charge in [-0.3, -0.25) is 10.2 Å². The molecular weight excluding hydrogens is 234 g/mol. The number of fused-ring (bicyclic) bond motifs is 1. The Labute approximate surface area is 103 Å². The molecule has 2 aromatic heterocycles. The van der Waals surface area contributed by atoms with E-state index in [1.54, 1.807) is 18.5 Å². The van der Waals surface area contributed by atoms with Gasteiger partial charge in [0.25, 0.3) is 0 Å². The van der Waals surface area contributed by atoms with Gasteiger partial charge in [0.05, 0.1) is 0 Å². The van der Waals surface area contributed by atoms with E-state index in [2.05, 4.69) is 10.4 Å². The summed E-state index contributed by atoms with van der Waals surface area (Å²) in [4.78, 5) is 25.7. The molecule has 0 fully saturated rings. The zero-order valence-corrected chi connectivity index (χ0v) is 9.62. The number of carboxylic acid groups (broad SMARTS) is 1. The fraction of sp³-hybridized carbons (Fsp3) is 0.0833. The average Bonchev–Trinajstić information content (AvgIpc) is 2.65. The summed E-state index contributed by atoms with van der Waals surface area (Å²) in [7, 11) is 0. The van der Waals surface area contributed by atoms with Crippen molar-refractivity contribution in [3.8, 4) is 0 Å². The summed E-state index contributed by atoms with van der Waals surface area (Å²) >= 11 is 0. The van der Waals surface area contributed by atoms with Crippen molar-refractivity contribution < 1.29 is 14.7 Å². The van der Waals surface area contributed by atoms with Crippen molar-refractivity contribution in [3.05, 3.63) is 36.2 Å². The molecule has 0 spiro atoms. The van der Waals surface area contributed by atoms with Gasteiger partial charge in [-0.15, -0.1) is 0 Å². The molecule has 0 bridgehead atoms. The van der Waals surface area contributed by atoms with Crippen molar-refractivity contribution in [3.63, 3.8) is 0 Å². The Morgan fingerprint density at radius 1 is 1.50 bits per heavy atom. The molecule has 2 heterocycles. The molecule has 1 amide bonds. The van der Waals surface area contributed by atoms with Crippen LogP contribution in [0.5, 0.6) is 0 Å². The maximum Gasteiger partial charge on any atom is 0.328 e. The molecule has 2 aromatic rings. The number of pyridine rings is 1. The lowest BCUT2D eigenvalue weighted by Crippen LogP contribution is -2.18. The summed E-state index contributed by atoms with van der Waals surface area (Å²) in [5.74, 6) is -1.26. The first-order chi connectivity index (χ1) is 8.58. The highest BCUT2D eigenvalue weighted by Crippen LogP contribution is 2.19. The molecule has 0 saturated heterocycles. The maximum atomic E-state index is 11.1. The van der Waals surface area contributed by atoms with Gasteiger partial charge < -0.3 is 5.11 Å². The fourth-order valence-electron chi connectivity index (χ4n) is 1.63. The molecule has 0 radical (unpaired) electrons. The normalized spacial score (nSPS) is 10.9. The van der Waals surface area contributed by atoms with E-state index in [4.69, 9.17) is 5.11 Å². The van der Waals surface area contributed by atoms with E-state index in [1.165, 1.54) is 17.7 Å². The van der Waals surface area contributed by atoms with E-state index in [0.717, 1.165) is 11.5 Å². The molecule has 92 valence electrons. The van der Waals surface area contributed by atoms with Crippen molar-refractivity contribution in [2.45, 2.75) is 6.92 Å². The minimum absolute atomic E-state index is 0.230. The number of aliphatic carboxylic acids is 1. The summed E-state index contributed by atoms with van der Waals surface area (Å²) in [5.41, 5.74) is 3.83. The number of aromatic nitrogens is 2. The van der Waals surface area contributed by atoms with E-state index >= 15 is 0 Å². The van der Waals surface area contributed by atoms with Crippen molar-refractivity contribution >= 4 is 29.0 Å². The van der Waals surface area contributed by atoms with Crippen LogP contribution >= 0.6 is 0 Å². The molecule has 6 heteroatoms. The lowest BCUT2D eigenvalue weighted by molar-refractivity contribution is -0.131. The second-order valence-electron chi connectivity index (χ2n) is 3.67. The highest BCUT2D eigenvalue weighted by molar-refractivity contribution is 5.93. The van der Waals surface area contributed by atoms with Crippen LogP contribution in [0.2, 0.25) is 0 Å². The van der Waals surface area contributed by atoms with Crippen LogP contribution in [0.3, 0.4) is 0 Å². The summed E-state index contributed by atoms with van der Waals surface area (Å²) in [6.07, 6.45) is 5.73. The number of carboxylic acids is 1. The van der Waals surface area contributed by atoms with E-state index < -0.39 is 5.97 Å². The van der Waals surface area contributed by atoms with Crippen LogP contribution in [-0.2, 0) is 9.59 Å². The van der Waals surface area contributed by atoms with Gasteiger partial charge in [-0.2, -0.15) is 0 Å². The van der Waals surface area contributed by atoms with Crippen LogP contribution in [0.4, 0.5) is 0 Å². The Kier molecular flexibility index (Phi) is 3.09. The third-order valence-electron chi connectivity index (χ3n) is 2.28. The molecule has 0 atom stereocenters. The van der Waals surface area contributed by atoms with Crippen LogP contribution < -0.4 is 5.43 Å². The number of nitrogens with zero attached hydrogens (tertiary/aromatic N) is 2. The molecule has 0 saturated carbocycles.